The first kappa shape index (κ1) is 14.3. The first-order valence-electron chi connectivity index (χ1n) is 6.41. The summed E-state index contributed by atoms with van der Waals surface area (Å²) in [5.41, 5.74) is 0.597. The molecule has 0 saturated carbocycles. The molecule has 19 heavy (non-hydrogen) atoms. The second-order valence-electron chi connectivity index (χ2n) is 4.70. The van der Waals surface area contributed by atoms with Crippen LogP contribution in [0.5, 0.6) is 0 Å². The average Bonchev–Trinajstić information content (AvgIpc) is 2.40. The number of hydrogen-bond donors (Lipinski definition) is 1. The zero-order valence-electron chi connectivity index (χ0n) is 10.9. The van der Waals surface area contributed by atoms with Crippen LogP contribution in [-0.2, 0) is 9.47 Å². The van der Waals surface area contributed by atoms with Crippen LogP contribution in [0, 0.1) is 0 Å². The van der Waals surface area contributed by atoms with Crippen molar-refractivity contribution in [3.63, 3.8) is 0 Å². The fourth-order valence-electron chi connectivity index (χ4n) is 1.93. The molecule has 0 aromatic heterocycles. The van der Waals surface area contributed by atoms with Crippen LogP contribution in [0.15, 0.2) is 24.3 Å². The molecule has 2 rings (SSSR count). The van der Waals surface area contributed by atoms with Gasteiger partial charge in [-0.1, -0.05) is 11.6 Å². The zero-order chi connectivity index (χ0) is 13.7. The molecule has 1 saturated heterocycles. The van der Waals surface area contributed by atoms with Crippen molar-refractivity contribution >= 4 is 17.5 Å². The van der Waals surface area contributed by atoms with Gasteiger partial charge in [0.05, 0.1) is 13.2 Å². The second kappa shape index (κ2) is 6.37. The summed E-state index contributed by atoms with van der Waals surface area (Å²) < 4.78 is 11.2. The van der Waals surface area contributed by atoms with Gasteiger partial charge in [-0.25, -0.2) is 0 Å². The van der Waals surface area contributed by atoms with E-state index in [0.717, 1.165) is 6.42 Å². The number of rotatable bonds is 4. The quantitative estimate of drug-likeness (QED) is 0.924. The molecule has 1 heterocycles. The Hall–Kier alpha value is -1.10. The van der Waals surface area contributed by atoms with Crippen LogP contribution in [0.2, 0.25) is 5.02 Å². The van der Waals surface area contributed by atoms with Gasteiger partial charge in [-0.3, -0.25) is 4.79 Å². The molecule has 0 aliphatic carbocycles. The summed E-state index contributed by atoms with van der Waals surface area (Å²) in [6, 6.07) is 6.80. The topological polar surface area (TPSA) is 47.6 Å². The van der Waals surface area contributed by atoms with Crippen molar-refractivity contribution in [1.29, 1.82) is 0 Å². The van der Waals surface area contributed by atoms with E-state index in [2.05, 4.69) is 5.32 Å². The van der Waals surface area contributed by atoms with E-state index in [9.17, 15) is 4.79 Å². The summed E-state index contributed by atoms with van der Waals surface area (Å²) in [7, 11) is 0. The predicted molar refractivity (Wildman–Crippen MR) is 73.3 cm³/mol. The van der Waals surface area contributed by atoms with Gasteiger partial charge in [-0.05, 0) is 37.6 Å². The van der Waals surface area contributed by atoms with E-state index < -0.39 is 5.79 Å². The van der Waals surface area contributed by atoms with E-state index >= 15 is 0 Å². The number of benzene rings is 1. The van der Waals surface area contributed by atoms with E-state index in [1.165, 1.54) is 0 Å². The van der Waals surface area contributed by atoms with Crippen molar-refractivity contribution in [2.45, 2.75) is 25.6 Å². The van der Waals surface area contributed by atoms with Crippen molar-refractivity contribution < 1.29 is 14.3 Å². The van der Waals surface area contributed by atoms with E-state index in [1.807, 2.05) is 6.92 Å². The Morgan fingerprint density at radius 3 is 2.58 bits per heavy atom. The lowest BCUT2D eigenvalue weighted by atomic mass is 10.2. The van der Waals surface area contributed by atoms with Gasteiger partial charge in [0.15, 0.2) is 5.79 Å². The molecule has 0 spiro atoms. The Balaban J connectivity index is 1.79. The largest absolute Gasteiger partial charge is 0.352 e. The number of nitrogens with one attached hydrogen (secondary N) is 1. The van der Waals surface area contributed by atoms with Gasteiger partial charge in [-0.2, -0.15) is 0 Å². The fraction of sp³-hybridized carbons (Fsp3) is 0.500. The molecular formula is C14H18ClNO3. The molecule has 5 heteroatoms. The molecule has 0 unspecified atom stereocenters. The van der Waals surface area contributed by atoms with Gasteiger partial charge in [-0.15, -0.1) is 0 Å². The lowest BCUT2D eigenvalue weighted by molar-refractivity contribution is -0.257. The third-order valence-electron chi connectivity index (χ3n) is 3.07. The Bertz CT molecular complexity index is 427. The molecule has 1 aromatic rings. The molecule has 1 aliphatic rings. The minimum Gasteiger partial charge on any atom is -0.352 e. The summed E-state index contributed by atoms with van der Waals surface area (Å²) in [6.07, 6.45) is 1.55. The normalized spacial score (nSPS) is 18.0. The van der Waals surface area contributed by atoms with Crippen LogP contribution in [0.25, 0.3) is 0 Å². The molecule has 1 amide bonds. The highest BCUT2D eigenvalue weighted by molar-refractivity contribution is 6.30. The number of carbonyl (C=O) groups excluding carboxylic acids is 1. The number of halogens is 1. The van der Waals surface area contributed by atoms with Gasteiger partial charge in [0.25, 0.3) is 5.91 Å². The minimum absolute atomic E-state index is 0.115. The van der Waals surface area contributed by atoms with Gasteiger partial charge >= 0.3 is 0 Å². The van der Waals surface area contributed by atoms with Crippen LogP contribution in [0.3, 0.4) is 0 Å². The molecule has 0 atom stereocenters. The summed E-state index contributed by atoms with van der Waals surface area (Å²) >= 11 is 5.78. The first-order valence-corrected chi connectivity index (χ1v) is 6.79. The molecule has 4 nitrogen and oxygen atoms in total. The highest BCUT2D eigenvalue weighted by Gasteiger charge is 2.28. The minimum atomic E-state index is -0.578. The second-order valence-corrected chi connectivity index (χ2v) is 5.13. The number of hydrogen-bond acceptors (Lipinski definition) is 3. The SMILES string of the molecule is CC1(CCNC(=O)c2ccc(Cl)cc2)OCCCO1. The Morgan fingerprint density at radius 2 is 1.95 bits per heavy atom. The van der Waals surface area contributed by atoms with Crippen molar-refractivity contribution in [2.75, 3.05) is 19.8 Å². The third kappa shape index (κ3) is 4.20. The molecule has 0 radical (unpaired) electrons. The van der Waals surface area contributed by atoms with Crippen molar-refractivity contribution in [1.82, 2.24) is 5.32 Å². The van der Waals surface area contributed by atoms with Gasteiger partial charge < -0.3 is 14.8 Å². The molecule has 1 fully saturated rings. The molecular weight excluding hydrogens is 266 g/mol. The molecule has 1 N–H and O–H groups in total. The monoisotopic (exact) mass is 283 g/mol. The van der Waals surface area contributed by atoms with Crippen LogP contribution in [-0.4, -0.2) is 31.5 Å². The summed E-state index contributed by atoms with van der Waals surface area (Å²) in [5, 5.41) is 3.47. The lowest BCUT2D eigenvalue weighted by Gasteiger charge is -2.33. The maximum Gasteiger partial charge on any atom is 0.251 e. The zero-order valence-corrected chi connectivity index (χ0v) is 11.7. The number of carbonyl (C=O) groups is 1. The van der Waals surface area contributed by atoms with Crippen LogP contribution in [0.1, 0.15) is 30.1 Å². The fourth-order valence-corrected chi connectivity index (χ4v) is 2.05. The Kier molecular flexibility index (Phi) is 4.80. The van der Waals surface area contributed by atoms with Crippen molar-refractivity contribution in [3.8, 4) is 0 Å². The van der Waals surface area contributed by atoms with Crippen LogP contribution in [0.4, 0.5) is 0 Å². The maximum atomic E-state index is 11.9. The van der Waals surface area contributed by atoms with Crippen LogP contribution < -0.4 is 5.32 Å². The van der Waals surface area contributed by atoms with E-state index in [-0.39, 0.29) is 5.91 Å². The highest BCUT2D eigenvalue weighted by atomic mass is 35.5. The van der Waals surface area contributed by atoms with E-state index in [0.29, 0.717) is 36.8 Å². The van der Waals surface area contributed by atoms with Crippen molar-refractivity contribution in [3.05, 3.63) is 34.9 Å². The summed E-state index contributed by atoms with van der Waals surface area (Å²) in [6.45, 7) is 3.84. The average molecular weight is 284 g/mol. The highest BCUT2D eigenvalue weighted by Crippen LogP contribution is 2.21. The van der Waals surface area contributed by atoms with Gasteiger partial charge in [0.1, 0.15) is 0 Å². The van der Waals surface area contributed by atoms with E-state index in [4.69, 9.17) is 21.1 Å². The molecule has 104 valence electrons. The number of amides is 1. The Labute approximate surface area is 118 Å². The van der Waals surface area contributed by atoms with Gasteiger partial charge in [0, 0.05) is 23.6 Å². The maximum absolute atomic E-state index is 11.9. The molecule has 1 aromatic carbocycles. The molecule has 0 bridgehead atoms. The van der Waals surface area contributed by atoms with Crippen LogP contribution >= 0.6 is 11.6 Å². The number of ether oxygens (including phenoxy) is 2. The predicted octanol–water partition coefficient (Wildman–Crippen LogP) is 2.61. The standard InChI is InChI=1S/C14H18ClNO3/c1-14(18-9-2-10-19-14)7-8-16-13(17)11-3-5-12(15)6-4-11/h3-6H,2,7-10H2,1H3,(H,16,17). The Morgan fingerprint density at radius 1 is 1.32 bits per heavy atom. The summed E-state index contributed by atoms with van der Waals surface area (Å²) in [4.78, 5) is 11.9. The lowest BCUT2D eigenvalue weighted by Crippen LogP contribution is -2.40. The van der Waals surface area contributed by atoms with Gasteiger partial charge in [0.2, 0.25) is 0 Å². The smallest absolute Gasteiger partial charge is 0.251 e. The summed E-state index contributed by atoms with van der Waals surface area (Å²) in [5.74, 6) is -0.693. The first-order chi connectivity index (χ1) is 9.09. The third-order valence-corrected chi connectivity index (χ3v) is 3.33. The van der Waals surface area contributed by atoms with Crippen molar-refractivity contribution in [2.24, 2.45) is 0 Å². The molecule has 1 aliphatic heterocycles. The van der Waals surface area contributed by atoms with E-state index in [1.54, 1.807) is 24.3 Å².